The van der Waals surface area contributed by atoms with Gasteiger partial charge in [0, 0.05) is 11.7 Å². The van der Waals surface area contributed by atoms with Crippen molar-refractivity contribution in [2.75, 3.05) is 18.1 Å². The molecule has 0 spiro atoms. The molecule has 3 rings (SSSR count). The SMILES string of the molecule is CC1CCc2ccccc2N1C(=O)C1=COCCO1. The number of hydrogen-bond acceptors (Lipinski definition) is 3. The molecule has 100 valence electrons. The molecule has 0 radical (unpaired) electrons. The molecule has 0 saturated heterocycles. The van der Waals surface area contributed by atoms with Gasteiger partial charge in [0.05, 0.1) is 0 Å². The Hall–Kier alpha value is -1.97. The van der Waals surface area contributed by atoms with E-state index in [2.05, 4.69) is 13.0 Å². The minimum absolute atomic E-state index is 0.112. The molecule has 0 saturated carbocycles. The van der Waals surface area contributed by atoms with Gasteiger partial charge in [-0.2, -0.15) is 0 Å². The number of rotatable bonds is 1. The normalized spacial score (nSPS) is 21.8. The molecule has 2 aliphatic rings. The van der Waals surface area contributed by atoms with Crippen LogP contribution in [0.4, 0.5) is 5.69 Å². The van der Waals surface area contributed by atoms with Gasteiger partial charge in [-0.15, -0.1) is 0 Å². The molecule has 19 heavy (non-hydrogen) atoms. The molecule has 1 atom stereocenters. The van der Waals surface area contributed by atoms with Gasteiger partial charge in [-0.3, -0.25) is 4.79 Å². The number of para-hydroxylation sites is 1. The summed E-state index contributed by atoms with van der Waals surface area (Å²) in [7, 11) is 0. The van der Waals surface area contributed by atoms with Crippen molar-refractivity contribution in [3.63, 3.8) is 0 Å². The van der Waals surface area contributed by atoms with Crippen molar-refractivity contribution >= 4 is 11.6 Å². The Kier molecular flexibility index (Phi) is 3.15. The molecule has 4 nitrogen and oxygen atoms in total. The van der Waals surface area contributed by atoms with Crippen LogP contribution in [0, 0.1) is 0 Å². The van der Waals surface area contributed by atoms with Crippen molar-refractivity contribution in [3.8, 4) is 0 Å². The van der Waals surface area contributed by atoms with Crippen LogP contribution in [0.15, 0.2) is 36.3 Å². The molecule has 1 aromatic rings. The van der Waals surface area contributed by atoms with Crippen LogP contribution in [0.2, 0.25) is 0 Å². The van der Waals surface area contributed by atoms with Crippen molar-refractivity contribution in [1.29, 1.82) is 0 Å². The summed E-state index contributed by atoms with van der Waals surface area (Å²) in [5.41, 5.74) is 2.20. The molecule has 0 bridgehead atoms. The standard InChI is InChI=1S/C15H17NO3/c1-11-6-7-12-4-2-3-5-13(12)16(11)15(17)14-10-18-8-9-19-14/h2-5,10-11H,6-9H2,1H3. The third kappa shape index (κ3) is 2.18. The smallest absolute Gasteiger partial charge is 0.296 e. The third-order valence-corrected chi connectivity index (χ3v) is 3.60. The Bertz CT molecular complexity index is 524. The average Bonchev–Trinajstić information content (AvgIpc) is 2.47. The number of carbonyl (C=O) groups excluding carboxylic acids is 1. The first-order valence-corrected chi connectivity index (χ1v) is 6.63. The van der Waals surface area contributed by atoms with Crippen LogP contribution < -0.4 is 4.90 Å². The first-order chi connectivity index (χ1) is 9.27. The maximum atomic E-state index is 12.6. The third-order valence-electron chi connectivity index (χ3n) is 3.60. The number of anilines is 1. The second-order valence-electron chi connectivity index (χ2n) is 4.89. The summed E-state index contributed by atoms with van der Waals surface area (Å²) in [5, 5.41) is 0. The van der Waals surface area contributed by atoms with Gasteiger partial charge in [-0.25, -0.2) is 0 Å². The van der Waals surface area contributed by atoms with E-state index in [1.54, 1.807) is 0 Å². The van der Waals surface area contributed by atoms with Crippen molar-refractivity contribution in [3.05, 3.63) is 41.9 Å². The molecule has 1 amide bonds. The second kappa shape index (κ2) is 4.96. The quantitative estimate of drug-likeness (QED) is 0.776. The fourth-order valence-electron chi connectivity index (χ4n) is 2.60. The van der Waals surface area contributed by atoms with Gasteiger partial charge in [-0.1, -0.05) is 18.2 Å². The minimum Gasteiger partial charge on any atom is -0.494 e. The number of amides is 1. The van der Waals surface area contributed by atoms with Gasteiger partial charge in [0.25, 0.3) is 5.91 Å². The summed E-state index contributed by atoms with van der Waals surface area (Å²) in [6, 6.07) is 8.22. The van der Waals surface area contributed by atoms with Gasteiger partial charge in [0.2, 0.25) is 5.76 Å². The average molecular weight is 259 g/mol. The fourth-order valence-corrected chi connectivity index (χ4v) is 2.60. The lowest BCUT2D eigenvalue weighted by Crippen LogP contribution is -2.43. The number of ether oxygens (including phenoxy) is 2. The molecule has 2 heterocycles. The predicted octanol–water partition coefficient (Wildman–Crippen LogP) is 2.24. The van der Waals surface area contributed by atoms with E-state index in [4.69, 9.17) is 9.47 Å². The van der Waals surface area contributed by atoms with Crippen LogP contribution in [0.25, 0.3) is 0 Å². The van der Waals surface area contributed by atoms with E-state index in [1.165, 1.54) is 11.8 Å². The first kappa shape index (κ1) is 12.1. The molecule has 0 aromatic heterocycles. The molecule has 4 heteroatoms. The largest absolute Gasteiger partial charge is 0.494 e. The molecule has 2 aliphatic heterocycles. The Morgan fingerprint density at radius 2 is 2.16 bits per heavy atom. The number of nitrogens with zero attached hydrogens (tertiary/aromatic N) is 1. The summed E-state index contributed by atoms with van der Waals surface area (Å²) >= 11 is 0. The van der Waals surface area contributed by atoms with Crippen LogP contribution in [-0.4, -0.2) is 25.2 Å². The Morgan fingerprint density at radius 1 is 1.32 bits per heavy atom. The van der Waals surface area contributed by atoms with Crippen molar-refractivity contribution in [1.82, 2.24) is 0 Å². The van der Waals surface area contributed by atoms with E-state index in [1.807, 2.05) is 23.1 Å². The van der Waals surface area contributed by atoms with E-state index in [-0.39, 0.29) is 11.9 Å². The van der Waals surface area contributed by atoms with Gasteiger partial charge >= 0.3 is 0 Å². The number of aryl methyl sites for hydroxylation is 1. The van der Waals surface area contributed by atoms with E-state index in [0.29, 0.717) is 19.0 Å². The highest BCUT2D eigenvalue weighted by Gasteiger charge is 2.31. The second-order valence-corrected chi connectivity index (χ2v) is 4.89. The number of fused-ring (bicyclic) bond motifs is 1. The minimum atomic E-state index is -0.112. The number of carbonyl (C=O) groups is 1. The monoisotopic (exact) mass is 259 g/mol. The molecule has 0 aliphatic carbocycles. The van der Waals surface area contributed by atoms with Gasteiger partial charge in [0.1, 0.15) is 19.5 Å². The van der Waals surface area contributed by atoms with E-state index < -0.39 is 0 Å². The summed E-state index contributed by atoms with van der Waals surface area (Å²) < 4.78 is 10.6. The lowest BCUT2D eigenvalue weighted by molar-refractivity contribution is -0.120. The number of benzene rings is 1. The summed E-state index contributed by atoms with van der Waals surface area (Å²) in [5.74, 6) is 0.189. The Labute approximate surface area is 112 Å². The highest BCUT2D eigenvalue weighted by atomic mass is 16.6. The fraction of sp³-hybridized carbons (Fsp3) is 0.400. The van der Waals surface area contributed by atoms with Crippen LogP contribution >= 0.6 is 0 Å². The van der Waals surface area contributed by atoms with Gasteiger partial charge < -0.3 is 14.4 Å². The molecule has 1 aromatic carbocycles. The zero-order valence-electron chi connectivity index (χ0n) is 11.0. The summed E-state index contributed by atoms with van der Waals surface area (Å²) in [4.78, 5) is 14.4. The van der Waals surface area contributed by atoms with Gasteiger partial charge in [-0.05, 0) is 31.4 Å². The van der Waals surface area contributed by atoms with Crippen LogP contribution in [0.3, 0.4) is 0 Å². The number of hydrogen-bond donors (Lipinski definition) is 0. The van der Waals surface area contributed by atoms with E-state index in [0.717, 1.165) is 18.5 Å². The Balaban J connectivity index is 1.95. The zero-order valence-corrected chi connectivity index (χ0v) is 11.0. The molecular formula is C15H17NO3. The topological polar surface area (TPSA) is 38.8 Å². The highest BCUT2D eigenvalue weighted by Crippen LogP contribution is 2.31. The van der Waals surface area contributed by atoms with Crippen molar-refractivity contribution in [2.45, 2.75) is 25.8 Å². The first-order valence-electron chi connectivity index (χ1n) is 6.63. The zero-order chi connectivity index (χ0) is 13.2. The molecule has 0 N–H and O–H groups in total. The maximum absolute atomic E-state index is 12.6. The lowest BCUT2D eigenvalue weighted by Gasteiger charge is -2.35. The van der Waals surface area contributed by atoms with E-state index in [9.17, 15) is 4.79 Å². The predicted molar refractivity (Wildman–Crippen MR) is 71.7 cm³/mol. The maximum Gasteiger partial charge on any atom is 0.296 e. The summed E-state index contributed by atoms with van der Waals surface area (Å²) in [6.45, 7) is 3.00. The van der Waals surface area contributed by atoms with Crippen LogP contribution in [0.5, 0.6) is 0 Å². The lowest BCUT2D eigenvalue weighted by atomic mass is 9.96. The van der Waals surface area contributed by atoms with E-state index >= 15 is 0 Å². The van der Waals surface area contributed by atoms with Crippen LogP contribution in [0.1, 0.15) is 18.9 Å². The molecule has 1 unspecified atom stereocenters. The van der Waals surface area contributed by atoms with Crippen molar-refractivity contribution in [2.24, 2.45) is 0 Å². The van der Waals surface area contributed by atoms with Crippen LogP contribution in [-0.2, 0) is 20.7 Å². The molecule has 0 fully saturated rings. The Morgan fingerprint density at radius 3 is 2.95 bits per heavy atom. The molecular weight excluding hydrogens is 242 g/mol. The van der Waals surface area contributed by atoms with Crippen molar-refractivity contribution < 1.29 is 14.3 Å². The highest BCUT2D eigenvalue weighted by molar-refractivity contribution is 6.05. The summed E-state index contributed by atoms with van der Waals surface area (Å²) in [6.07, 6.45) is 3.41. The van der Waals surface area contributed by atoms with Gasteiger partial charge in [0.15, 0.2) is 0 Å².